The number of nitrogens with one attached hydrogen (secondary N) is 1. The van der Waals surface area contributed by atoms with Crippen molar-refractivity contribution in [2.45, 2.75) is 46.5 Å². The number of nitrogens with zero attached hydrogens (tertiary/aromatic N) is 4. The van der Waals surface area contributed by atoms with E-state index in [2.05, 4.69) is 31.4 Å². The fourth-order valence-corrected chi connectivity index (χ4v) is 3.63. The highest BCUT2D eigenvalue weighted by Crippen LogP contribution is 2.35. The van der Waals surface area contributed by atoms with E-state index in [1.165, 1.54) is 6.92 Å². The molecule has 0 aliphatic rings. The molecule has 11 heteroatoms. The standard InChI is InChI=1S/C20H20BrClF3N5O/c1-11-17(21)12(2)30(27-11)10-14-5-4-6-15(9-14)26-16(31)7-8-29-13(3)18(22)19(28-29)20(23,24)25/h4-6,9H,7-8,10H2,1-3H3,(H,26,31). The summed E-state index contributed by atoms with van der Waals surface area (Å²) in [7, 11) is 0. The van der Waals surface area contributed by atoms with Crippen LogP contribution in [0.5, 0.6) is 0 Å². The summed E-state index contributed by atoms with van der Waals surface area (Å²) in [4.78, 5) is 12.3. The summed E-state index contributed by atoms with van der Waals surface area (Å²) in [5.41, 5.74) is 2.45. The molecule has 31 heavy (non-hydrogen) atoms. The Hall–Kier alpha value is -2.33. The Bertz CT molecular complexity index is 1120. The topological polar surface area (TPSA) is 64.7 Å². The van der Waals surface area contributed by atoms with E-state index in [4.69, 9.17) is 11.6 Å². The zero-order valence-electron chi connectivity index (χ0n) is 17.0. The number of rotatable bonds is 6. The largest absolute Gasteiger partial charge is 0.436 e. The predicted octanol–water partition coefficient (Wildman–Crippen LogP) is 5.52. The first kappa shape index (κ1) is 23.3. The van der Waals surface area contributed by atoms with Gasteiger partial charge in [-0.05, 0) is 54.4 Å². The Morgan fingerprint density at radius 1 is 1.16 bits per heavy atom. The Morgan fingerprint density at radius 3 is 2.45 bits per heavy atom. The normalized spacial score (nSPS) is 11.7. The van der Waals surface area contributed by atoms with Crippen LogP contribution in [-0.2, 0) is 24.1 Å². The molecule has 1 aromatic carbocycles. The van der Waals surface area contributed by atoms with E-state index in [-0.39, 0.29) is 24.6 Å². The van der Waals surface area contributed by atoms with E-state index in [1.54, 1.807) is 6.07 Å². The number of aryl methyl sites for hydroxylation is 2. The van der Waals surface area contributed by atoms with E-state index in [0.717, 1.165) is 26.1 Å². The van der Waals surface area contributed by atoms with Crippen LogP contribution in [0.25, 0.3) is 0 Å². The third kappa shape index (κ3) is 5.30. The second-order valence-corrected chi connectivity index (χ2v) is 8.28. The van der Waals surface area contributed by atoms with Crippen LogP contribution >= 0.6 is 27.5 Å². The van der Waals surface area contributed by atoms with Gasteiger partial charge in [-0.1, -0.05) is 23.7 Å². The molecule has 0 bridgehead atoms. The van der Waals surface area contributed by atoms with Crippen LogP contribution in [0.3, 0.4) is 0 Å². The summed E-state index contributed by atoms with van der Waals surface area (Å²) in [6, 6.07) is 7.32. The van der Waals surface area contributed by atoms with Gasteiger partial charge in [0.15, 0.2) is 5.69 Å². The van der Waals surface area contributed by atoms with Gasteiger partial charge in [-0.2, -0.15) is 23.4 Å². The first-order valence-corrected chi connectivity index (χ1v) is 10.5. The number of hydrogen-bond acceptors (Lipinski definition) is 3. The highest BCUT2D eigenvalue weighted by atomic mass is 79.9. The molecular formula is C20H20BrClF3N5O. The Labute approximate surface area is 190 Å². The summed E-state index contributed by atoms with van der Waals surface area (Å²) in [5.74, 6) is -0.342. The van der Waals surface area contributed by atoms with Crippen LogP contribution in [0.2, 0.25) is 5.02 Å². The van der Waals surface area contributed by atoms with E-state index in [0.29, 0.717) is 12.2 Å². The van der Waals surface area contributed by atoms with E-state index >= 15 is 0 Å². The van der Waals surface area contributed by atoms with Crippen LogP contribution in [0.15, 0.2) is 28.7 Å². The van der Waals surface area contributed by atoms with E-state index in [1.807, 2.05) is 36.7 Å². The van der Waals surface area contributed by atoms with Crippen molar-refractivity contribution in [2.75, 3.05) is 5.32 Å². The maximum absolute atomic E-state index is 12.9. The van der Waals surface area contributed by atoms with Crippen LogP contribution in [0.4, 0.5) is 18.9 Å². The molecule has 0 radical (unpaired) electrons. The maximum atomic E-state index is 12.9. The Balaban J connectivity index is 1.64. The van der Waals surface area contributed by atoms with Crippen LogP contribution in [0, 0.1) is 20.8 Å². The second kappa shape index (κ2) is 9.04. The van der Waals surface area contributed by atoms with E-state index < -0.39 is 16.9 Å². The number of halogens is 5. The molecule has 0 fully saturated rings. The highest BCUT2D eigenvalue weighted by Gasteiger charge is 2.38. The number of aromatic nitrogens is 4. The van der Waals surface area contributed by atoms with Gasteiger partial charge in [0, 0.05) is 12.1 Å². The molecule has 0 aliphatic heterocycles. The number of alkyl halides is 3. The van der Waals surface area contributed by atoms with Crippen LogP contribution in [0.1, 0.15) is 34.8 Å². The fourth-order valence-electron chi connectivity index (χ4n) is 3.10. The third-order valence-corrected chi connectivity index (χ3v) is 6.39. The van der Waals surface area contributed by atoms with Gasteiger partial charge in [-0.15, -0.1) is 0 Å². The van der Waals surface area contributed by atoms with Crippen molar-refractivity contribution in [1.29, 1.82) is 0 Å². The average Bonchev–Trinajstić information content (AvgIpc) is 3.11. The lowest BCUT2D eigenvalue weighted by Crippen LogP contribution is -2.16. The molecule has 166 valence electrons. The lowest BCUT2D eigenvalue weighted by atomic mass is 10.2. The molecule has 3 rings (SSSR count). The minimum Gasteiger partial charge on any atom is -0.326 e. The van der Waals surface area contributed by atoms with E-state index in [9.17, 15) is 18.0 Å². The molecule has 0 atom stereocenters. The molecule has 3 aromatic rings. The van der Waals surface area contributed by atoms with Crippen molar-refractivity contribution in [3.63, 3.8) is 0 Å². The monoisotopic (exact) mass is 517 g/mol. The molecule has 1 N–H and O–H groups in total. The summed E-state index contributed by atoms with van der Waals surface area (Å²) >= 11 is 9.24. The van der Waals surface area contributed by atoms with Gasteiger partial charge in [0.2, 0.25) is 5.91 Å². The first-order chi connectivity index (χ1) is 14.5. The molecule has 0 unspecified atom stereocenters. The zero-order chi connectivity index (χ0) is 22.9. The smallest absolute Gasteiger partial charge is 0.326 e. The number of hydrogen-bond donors (Lipinski definition) is 1. The fraction of sp³-hybridized carbons (Fsp3) is 0.350. The van der Waals surface area contributed by atoms with Crippen molar-refractivity contribution in [1.82, 2.24) is 19.6 Å². The molecule has 2 aromatic heterocycles. The molecule has 2 heterocycles. The van der Waals surface area contributed by atoms with Crippen LogP contribution < -0.4 is 5.32 Å². The van der Waals surface area contributed by atoms with Gasteiger partial charge in [0.05, 0.1) is 39.7 Å². The number of carbonyl (C=O) groups excluding carboxylic acids is 1. The molecular weight excluding hydrogens is 499 g/mol. The van der Waals surface area contributed by atoms with Gasteiger partial charge in [0.1, 0.15) is 0 Å². The lowest BCUT2D eigenvalue weighted by molar-refractivity contribution is -0.141. The van der Waals surface area contributed by atoms with Gasteiger partial charge in [0.25, 0.3) is 0 Å². The minimum absolute atomic E-state index is 0.0209. The van der Waals surface area contributed by atoms with Gasteiger partial charge in [-0.3, -0.25) is 14.2 Å². The van der Waals surface area contributed by atoms with Crippen LogP contribution in [-0.4, -0.2) is 25.5 Å². The SMILES string of the molecule is Cc1nn(Cc2cccc(NC(=O)CCn3nc(C(F)(F)F)c(Cl)c3C)c2)c(C)c1Br. The number of benzene rings is 1. The summed E-state index contributed by atoms with van der Waals surface area (Å²) in [6.07, 6.45) is -4.69. The third-order valence-electron chi connectivity index (χ3n) is 4.79. The zero-order valence-corrected chi connectivity index (χ0v) is 19.4. The first-order valence-electron chi connectivity index (χ1n) is 9.35. The van der Waals surface area contributed by atoms with Gasteiger partial charge < -0.3 is 5.32 Å². The molecule has 0 aliphatic carbocycles. The van der Waals surface area contributed by atoms with Crippen molar-refractivity contribution in [3.05, 3.63) is 62.1 Å². The molecule has 1 amide bonds. The molecule has 0 spiro atoms. The van der Waals surface area contributed by atoms with Crippen molar-refractivity contribution < 1.29 is 18.0 Å². The predicted molar refractivity (Wildman–Crippen MR) is 115 cm³/mol. The Kier molecular flexibility index (Phi) is 6.80. The Morgan fingerprint density at radius 2 is 1.87 bits per heavy atom. The maximum Gasteiger partial charge on any atom is 0.436 e. The quantitative estimate of drug-likeness (QED) is 0.468. The molecule has 6 nitrogen and oxygen atoms in total. The number of carbonyl (C=O) groups is 1. The molecule has 0 saturated carbocycles. The second-order valence-electron chi connectivity index (χ2n) is 7.11. The number of amides is 1. The summed E-state index contributed by atoms with van der Waals surface area (Å²) in [5, 5.41) is 10.3. The highest BCUT2D eigenvalue weighted by molar-refractivity contribution is 9.10. The summed E-state index contributed by atoms with van der Waals surface area (Å²) < 4.78 is 42.7. The van der Waals surface area contributed by atoms with Crippen molar-refractivity contribution in [3.8, 4) is 0 Å². The number of anilines is 1. The average molecular weight is 519 g/mol. The lowest BCUT2D eigenvalue weighted by Gasteiger charge is -2.09. The van der Waals surface area contributed by atoms with Crippen molar-refractivity contribution >= 4 is 39.1 Å². The summed E-state index contributed by atoms with van der Waals surface area (Å²) in [6.45, 7) is 5.82. The van der Waals surface area contributed by atoms with Crippen molar-refractivity contribution in [2.24, 2.45) is 0 Å². The van der Waals surface area contributed by atoms with Gasteiger partial charge in [-0.25, -0.2) is 0 Å². The minimum atomic E-state index is -4.64. The van der Waals surface area contributed by atoms with Gasteiger partial charge >= 0.3 is 6.18 Å². The molecule has 0 saturated heterocycles.